The van der Waals surface area contributed by atoms with Gasteiger partial charge in [-0.3, -0.25) is 0 Å². The van der Waals surface area contributed by atoms with Crippen molar-refractivity contribution >= 4 is 11.0 Å². The predicted octanol–water partition coefficient (Wildman–Crippen LogP) is -5.94. The number of phenols is 4. The van der Waals surface area contributed by atoms with Crippen LogP contribution in [0.1, 0.15) is 6.92 Å². The second kappa shape index (κ2) is 16.8. The van der Waals surface area contributed by atoms with Crippen molar-refractivity contribution < 1.29 is 112 Å². The van der Waals surface area contributed by atoms with Gasteiger partial charge in [0.2, 0.25) is 12.0 Å². The molecule has 1 aromatic heterocycles. The molecule has 3 aliphatic rings. The summed E-state index contributed by atoms with van der Waals surface area (Å²) in [6.45, 7) is -0.0603. The molecule has 3 fully saturated rings. The van der Waals surface area contributed by atoms with Crippen LogP contribution >= 0.6 is 0 Å². The molecule has 20 nitrogen and oxygen atoms in total. The summed E-state index contributed by atoms with van der Waals surface area (Å²) in [6, 6.07) is 6.93. The number of aliphatic hydroxyl groups is 9. The molecule has 0 spiro atoms. The Morgan fingerprint density at radius 3 is 1.98 bits per heavy atom. The fourth-order valence-electron chi connectivity index (χ4n) is 6.22. The summed E-state index contributed by atoms with van der Waals surface area (Å²) in [5.74, 6) is -2.41. The first-order valence-corrected chi connectivity index (χ1v) is 16.4. The molecule has 3 aliphatic heterocycles. The fraction of sp³-hybridized carbons (Fsp3) is 0.545. The standard InChI is InChI=1S/C33H40O20.ClH/c1-10-21(39)24(42)27(45)31(48-10)47-9-20-23(41)26(44)30(53-32-28(46)25(43)22(40)19(8-34)51-32)33(52-20)50-18-7-13-15(37)5-12(35)6-17(13)49-29(18)11-2-3-14(36)16(38)4-11;/h2-7,10,19-28,30-34,39-46H,8-9H2,1H3,(H3-,35,36,37,38);1H/t10-,19+,20+,21-,22+,23+,24+,25-,26-,27+,28+,30+,31+,32?,33+;/m0./s1. The zero-order valence-corrected chi connectivity index (χ0v) is 28.8. The lowest BCUT2D eigenvalue weighted by Crippen LogP contribution is -3.00. The predicted molar refractivity (Wildman–Crippen MR) is 171 cm³/mol. The number of hydrogen-bond donors (Lipinski definition) is 13. The van der Waals surface area contributed by atoms with Gasteiger partial charge in [-0.15, -0.1) is 0 Å². The second-order valence-electron chi connectivity index (χ2n) is 13.0. The van der Waals surface area contributed by atoms with E-state index in [2.05, 4.69) is 0 Å². The van der Waals surface area contributed by atoms with Crippen LogP contribution in [0.25, 0.3) is 22.3 Å². The lowest BCUT2D eigenvalue weighted by molar-refractivity contribution is -0.362. The van der Waals surface area contributed by atoms with Crippen molar-refractivity contribution in [2.45, 2.75) is 99.0 Å². The quantitative estimate of drug-likeness (QED) is 0.0708. The zero-order chi connectivity index (χ0) is 38.5. The molecule has 3 aromatic rings. The van der Waals surface area contributed by atoms with Gasteiger partial charge in [0.25, 0.3) is 0 Å². The third kappa shape index (κ3) is 8.09. The largest absolute Gasteiger partial charge is 1.00 e. The minimum Gasteiger partial charge on any atom is -1.00 e. The number of fused-ring (bicyclic) bond motifs is 1. The van der Waals surface area contributed by atoms with Gasteiger partial charge in [0.15, 0.2) is 30.2 Å². The number of phenolic OH excluding ortho intramolecular Hbond substituents is 4. The molecule has 13 N–H and O–H groups in total. The number of rotatable bonds is 9. The minimum absolute atomic E-state index is 0. The lowest BCUT2D eigenvalue weighted by atomic mass is 9.97. The maximum atomic E-state index is 11.4. The molecule has 300 valence electrons. The van der Waals surface area contributed by atoms with E-state index >= 15 is 0 Å². The molecule has 15 atom stereocenters. The van der Waals surface area contributed by atoms with Crippen LogP contribution in [0.3, 0.4) is 0 Å². The van der Waals surface area contributed by atoms with E-state index in [-0.39, 0.29) is 46.2 Å². The van der Waals surface area contributed by atoms with E-state index in [1.165, 1.54) is 19.1 Å². The van der Waals surface area contributed by atoms with Gasteiger partial charge < -0.3 is 107 Å². The Hall–Kier alpha value is -3.42. The monoisotopic (exact) mass is 792 g/mol. The van der Waals surface area contributed by atoms with Crippen LogP contribution in [0.15, 0.2) is 40.8 Å². The Morgan fingerprint density at radius 2 is 1.30 bits per heavy atom. The van der Waals surface area contributed by atoms with E-state index in [0.29, 0.717) is 0 Å². The SMILES string of the molecule is C[C@@H]1O[C@@H](OC[C@H]2O[C@@H](Oc3cc4c(O)cc(O)cc4[o+]c3-c3ccc(O)c(O)c3)[C@H](OC3O[C@H](CO)[C@@H](O)[C@H](O)[C@H]3O)[C@@H](O)[C@@H]2O)[C@H](O)[C@H](O)[C@H]1O.[Cl-]. The third-order valence-electron chi connectivity index (χ3n) is 9.31. The van der Waals surface area contributed by atoms with E-state index in [4.69, 9.17) is 32.8 Å². The maximum Gasteiger partial charge on any atom is 0.402 e. The number of ether oxygens (including phenoxy) is 6. The highest BCUT2D eigenvalue weighted by atomic mass is 35.5. The van der Waals surface area contributed by atoms with Crippen LogP contribution in [-0.4, -0.2) is 172 Å². The summed E-state index contributed by atoms with van der Waals surface area (Å²) in [6.07, 6.45) is -25.4. The van der Waals surface area contributed by atoms with E-state index in [1.807, 2.05) is 0 Å². The highest BCUT2D eigenvalue weighted by Crippen LogP contribution is 2.43. The average Bonchev–Trinajstić information content (AvgIpc) is 3.12. The van der Waals surface area contributed by atoms with E-state index in [1.54, 1.807) is 0 Å². The highest BCUT2D eigenvalue weighted by Gasteiger charge is 2.53. The third-order valence-corrected chi connectivity index (χ3v) is 9.31. The second-order valence-corrected chi connectivity index (χ2v) is 13.0. The Labute approximate surface area is 311 Å². The molecule has 4 heterocycles. The van der Waals surface area contributed by atoms with Gasteiger partial charge in [-0.1, -0.05) is 0 Å². The molecule has 3 saturated heterocycles. The molecule has 2 aromatic carbocycles. The van der Waals surface area contributed by atoms with Gasteiger partial charge in [-0.25, -0.2) is 4.42 Å². The van der Waals surface area contributed by atoms with Crippen molar-refractivity contribution in [1.82, 2.24) is 0 Å². The van der Waals surface area contributed by atoms with Gasteiger partial charge in [0.05, 0.1) is 30.9 Å². The summed E-state index contributed by atoms with van der Waals surface area (Å²) in [5.41, 5.74) is -0.00795. The minimum atomic E-state index is -2.00. The van der Waals surface area contributed by atoms with Crippen LogP contribution in [0.4, 0.5) is 0 Å². The summed E-state index contributed by atoms with van der Waals surface area (Å²) >= 11 is 0. The molecule has 1 unspecified atom stereocenters. The van der Waals surface area contributed by atoms with E-state index < -0.39 is 123 Å². The van der Waals surface area contributed by atoms with Crippen molar-refractivity contribution in [3.05, 3.63) is 36.4 Å². The molecule has 54 heavy (non-hydrogen) atoms. The Morgan fingerprint density at radius 1 is 0.648 bits per heavy atom. The number of hydrogen-bond acceptors (Lipinski definition) is 19. The molecular weight excluding hydrogens is 752 g/mol. The lowest BCUT2D eigenvalue weighted by Gasteiger charge is -2.46. The molecular formula is C33H41ClO20. The first-order chi connectivity index (χ1) is 25.1. The van der Waals surface area contributed by atoms with Crippen LogP contribution in [0, 0.1) is 0 Å². The normalized spacial score (nSPS) is 37.1. The van der Waals surface area contributed by atoms with Crippen molar-refractivity contribution in [3.63, 3.8) is 0 Å². The maximum absolute atomic E-state index is 11.4. The fourth-order valence-corrected chi connectivity index (χ4v) is 6.22. The summed E-state index contributed by atoms with van der Waals surface area (Å²) < 4.78 is 40.4. The van der Waals surface area contributed by atoms with Gasteiger partial charge in [-0.05, 0) is 19.1 Å². The van der Waals surface area contributed by atoms with Gasteiger partial charge in [0.1, 0.15) is 77.9 Å². The smallest absolute Gasteiger partial charge is 0.402 e. The van der Waals surface area contributed by atoms with Crippen molar-refractivity contribution in [1.29, 1.82) is 0 Å². The number of halogens is 1. The van der Waals surface area contributed by atoms with Crippen LogP contribution in [-0.2, 0) is 23.7 Å². The highest BCUT2D eigenvalue weighted by molar-refractivity contribution is 5.88. The molecule has 21 heteroatoms. The first kappa shape index (κ1) is 41.7. The van der Waals surface area contributed by atoms with Crippen molar-refractivity contribution in [2.75, 3.05) is 13.2 Å². The van der Waals surface area contributed by atoms with Crippen LogP contribution in [0.5, 0.6) is 28.7 Å². The van der Waals surface area contributed by atoms with Crippen molar-refractivity contribution in [2.24, 2.45) is 0 Å². The summed E-state index contributed by atoms with van der Waals surface area (Å²) in [4.78, 5) is 0. The first-order valence-electron chi connectivity index (χ1n) is 16.4. The number of aliphatic hydroxyl groups excluding tert-OH is 9. The van der Waals surface area contributed by atoms with Crippen molar-refractivity contribution in [3.8, 4) is 40.1 Å². The molecule has 0 amide bonds. The Balaban J connectivity index is 0.00000561. The number of aromatic hydroxyl groups is 4. The number of benzene rings is 2. The van der Waals surface area contributed by atoms with E-state index in [0.717, 1.165) is 24.3 Å². The van der Waals surface area contributed by atoms with Gasteiger partial charge in [0, 0.05) is 18.2 Å². The topological polar surface area (TPSA) is 330 Å². The molecule has 0 bridgehead atoms. The molecule has 0 radical (unpaired) electrons. The van der Waals surface area contributed by atoms with Crippen LogP contribution < -0.4 is 17.1 Å². The Kier molecular flexibility index (Phi) is 12.9. The van der Waals surface area contributed by atoms with Gasteiger partial charge >= 0.3 is 11.3 Å². The molecule has 6 rings (SSSR count). The average molecular weight is 793 g/mol. The summed E-state index contributed by atoms with van der Waals surface area (Å²) in [7, 11) is 0. The molecule has 0 aliphatic carbocycles. The molecule has 0 saturated carbocycles. The van der Waals surface area contributed by atoms with E-state index in [9.17, 15) is 66.4 Å². The summed E-state index contributed by atoms with van der Waals surface area (Å²) in [5, 5.41) is 135. The van der Waals surface area contributed by atoms with Gasteiger partial charge in [-0.2, -0.15) is 0 Å². The van der Waals surface area contributed by atoms with Crippen LogP contribution in [0.2, 0.25) is 0 Å². The Bertz CT molecular complexity index is 1750. The zero-order valence-electron chi connectivity index (χ0n) is 28.1.